The van der Waals surface area contributed by atoms with E-state index >= 15 is 0 Å². The smallest absolute Gasteiger partial charge is 0.0499 e. The number of halogens is 1. The van der Waals surface area contributed by atoms with Crippen molar-refractivity contribution < 1.29 is 0 Å². The van der Waals surface area contributed by atoms with Gasteiger partial charge in [-0.1, -0.05) is 35.0 Å². The Labute approximate surface area is 112 Å². The molecule has 1 fully saturated rings. The number of nitrogens with zero attached hydrogens (tertiary/aromatic N) is 1. The third-order valence-corrected chi connectivity index (χ3v) is 4.09. The molecule has 0 aromatic heterocycles. The summed E-state index contributed by atoms with van der Waals surface area (Å²) in [4.78, 5) is 2.54. The van der Waals surface area contributed by atoms with Crippen LogP contribution in [0.15, 0.2) is 28.7 Å². The Balaban J connectivity index is 2.25. The van der Waals surface area contributed by atoms with Crippen LogP contribution in [0.5, 0.6) is 0 Å². The van der Waals surface area contributed by atoms with E-state index in [9.17, 15) is 0 Å². The van der Waals surface area contributed by atoms with Crippen molar-refractivity contribution >= 4 is 15.9 Å². The Morgan fingerprint density at radius 3 is 2.65 bits per heavy atom. The van der Waals surface area contributed by atoms with Crippen LogP contribution in [-0.4, -0.2) is 24.0 Å². The van der Waals surface area contributed by atoms with Gasteiger partial charge in [-0.3, -0.25) is 4.90 Å². The van der Waals surface area contributed by atoms with Crippen molar-refractivity contribution in [3.05, 3.63) is 34.3 Å². The summed E-state index contributed by atoms with van der Waals surface area (Å²) >= 11 is 3.55. The number of nitrogens with two attached hydrogens (primary N) is 1. The van der Waals surface area contributed by atoms with E-state index in [1.807, 2.05) is 0 Å². The lowest BCUT2D eigenvalue weighted by Gasteiger charge is -2.32. The predicted octanol–water partition coefficient (Wildman–Crippen LogP) is 3.32. The van der Waals surface area contributed by atoms with Crippen LogP contribution in [0.3, 0.4) is 0 Å². The third kappa shape index (κ3) is 3.09. The summed E-state index contributed by atoms with van der Waals surface area (Å²) in [6, 6.07) is 9.18. The van der Waals surface area contributed by atoms with Crippen molar-refractivity contribution in [1.82, 2.24) is 4.90 Å². The number of hydrogen-bond acceptors (Lipinski definition) is 2. The van der Waals surface area contributed by atoms with E-state index in [0.29, 0.717) is 6.04 Å². The van der Waals surface area contributed by atoms with E-state index in [-0.39, 0.29) is 6.04 Å². The van der Waals surface area contributed by atoms with Gasteiger partial charge in [0, 0.05) is 16.6 Å². The molecule has 1 heterocycles. The maximum absolute atomic E-state index is 6.32. The normalized spacial score (nSPS) is 20.4. The standard InChI is InChI=1S/C14H21BrN2/c1-2-13(16)14(17-8-3-4-9-17)11-6-5-7-12(15)10-11/h5-7,10,13-14H,2-4,8-9,16H2,1H3. The first kappa shape index (κ1) is 13.1. The Morgan fingerprint density at radius 2 is 2.06 bits per heavy atom. The molecule has 1 aromatic carbocycles. The van der Waals surface area contributed by atoms with Gasteiger partial charge in [-0.05, 0) is 50.0 Å². The Kier molecular flexibility index (Phi) is 4.60. The fourth-order valence-corrected chi connectivity index (χ4v) is 3.08. The SMILES string of the molecule is CCC(N)C(c1cccc(Br)c1)N1CCCC1. The molecule has 3 heteroatoms. The van der Waals surface area contributed by atoms with E-state index in [1.54, 1.807) is 0 Å². The number of rotatable bonds is 4. The summed E-state index contributed by atoms with van der Waals surface area (Å²) in [7, 11) is 0. The second-order valence-corrected chi connectivity index (χ2v) is 5.73. The summed E-state index contributed by atoms with van der Waals surface area (Å²) < 4.78 is 1.14. The average molecular weight is 297 g/mol. The van der Waals surface area contributed by atoms with Crippen LogP contribution in [0.1, 0.15) is 37.8 Å². The molecular weight excluding hydrogens is 276 g/mol. The van der Waals surface area contributed by atoms with Gasteiger partial charge >= 0.3 is 0 Å². The van der Waals surface area contributed by atoms with E-state index in [1.165, 1.54) is 31.5 Å². The molecule has 2 N–H and O–H groups in total. The molecule has 1 aliphatic rings. The van der Waals surface area contributed by atoms with Crippen molar-refractivity contribution in [3.8, 4) is 0 Å². The van der Waals surface area contributed by atoms with Crippen molar-refractivity contribution in [2.24, 2.45) is 5.73 Å². The molecule has 0 saturated carbocycles. The van der Waals surface area contributed by atoms with Gasteiger partial charge in [0.1, 0.15) is 0 Å². The first-order chi connectivity index (χ1) is 8.22. The van der Waals surface area contributed by atoms with Gasteiger partial charge in [-0.2, -0.15) is 0 Å². The highest BCUT2D eigenvalue weighted by Gasteiger charge is 2.27. The summed E-state index contributed by atoms with van der Waals surface area (Å²) in [5.41, 5.74) is 7.67. The second kappa shape index (κ2) is 5.98. The summed E-state index contributed by atoms with van der Waals surface area (Å²) in [5.74, 6) is 0. The highest BCUT2D eigenvalue weighted by molar-refractivity contribution is 9.10. The molecular formula is C14H21BrN2. The van der Waals surface area contributed by atoms with Gasteiger partial charge in [0.05, 0.1) is 0 Å². The first-order valence-electron chi connectivity index (χ1n) is 6.47. The van der Waals surface area contributed by atoms with E-state index < -0.39 is 0 Å². The van der Waals surface area contributed by atoms with E-state index in [2.05, 4.69) is 52.0 Å². The molecule has 0 spiro atoms. The number of likely N-dealkylation sites (tertiary alicyclic amines) is 1. The van der Waals surface area contributed by atoms with Crippen LogP contribution in [0.25, 0.3) is 0 Å². The quantitative estimate of drug-likeness (QED) is 0.923. The van der Waals surface area contributed by atoms with Crippen LogP contribution in [-0.2, 0) is 0 Å². The van der Waals surface area contributed by atoms with Crippen LogP contribution in [0, 0.1) is 0 Å². The fraction of sp³-hybridized carbons (Fsp3) is 0.571. The molecule has 17 heavy (non-hydrogen) atoms. The Hall–Kier alpha value is -0.380. The van der Waals surface area contributed by atoms with Crippen molar-refractivity contribution in [2.45, 2.75) is 38.3 Å². The van der Waals surface area contributed by atoms with E-state index in [4.69, 9.17) is 5.73 Å². The largest absolute Gasteiger partial charge is 0.326 e. The maximum Gasteiger partial charge on any atom is 0.0499 e. The molecule has 0 radical (unpaired) electrons. The molecule has 0 amide bonds. The molecule has 2 unspecified atom stereocenters. The Bertz CT molecular complexity index is 361. The molecule has 1 aromatic rings. The minimum absolute atomic E-state index is 0.224. The summed E-state index contributed by atoms with van der Waals surface area (Å²) in [6.45, 7) is 4.54. The highest BCUT2D eigenvalue weighted by Crippen LogP contribution is 2.29. The van der Waals surface area contributed by atoms with Gasteiger partial charge in [-0.15, -0.1) is 0 Å². The van der Waals surface area contributed by atoms with Gasteiger partial charge in [0.2, 0.25) is 0 Å². The lowest BCUT2D eigenvalue weighted by atomic mass is 9.97. The first-order valence-corrected chi connectivity index (χ1v) is 7.26. The van der Waals surface area contributed by atoms with E-state index in [0.717, 1.165) is 10.9 Å². The maximum atomic E-state index is 6.32. The zero-order valence-corrected chi connectivity index (χ0v) is 12.0. The molecule has 0 bridgehead atoms. The average Bonchev–Trinajstić information content (AvgIpc) is 2.83. The summed E-state index contributed by atoms with van der Waals surface area (Å²) in [5, 5.41) is 0. The van der Waals surface area contributed by atoms with Crippen LogP contribution >= 0.6 is 15.9 Å². The number of benzene rings is 1. The van der Waals surface area contributed by atoms with Gasteiger partial charge in [0.15, 0.2) is 0 Å². The molecule has 2 atom stereocenters. The van der Waals surface area contributed by atoms with Crippen LogP contribution < -0.4 is 5.73 Å². The number of hydrogen-bond donors (Lipinski definition) is 1. The fourth-order valence-electron chi connectivity index (χ4n) is 2.66. The Morgan fingerprint density at radius 1 is 1.35 bits per heavy atom. The molecule has 2 nitrogen and oxygen atoms in total. The summed E-state index contributed by atoms with van der Waals surface area (Å²) in [6.07, 6.45) is 3.63. The molecule has 1 aliphatic heterocycles. The van der Waals surface area contributed by atoms with Crippen LogP contribution in [0.4, 0.5) is 0 Å². The third-order valence-electron chi connectivity index (χ3n) is 3.60. The molecule has 94 valence electrons. The topological polar surface area (TPSA) is 29.3 Å². The molecule has 0 aliphatic carbocycles. The zero-order valence-electron chi connectivity index (χ0n) is 10.4. The monoisotopic (exact) mass is 296 g/mol. The van der Waals surface area contributed by atoms with Gasteiger partial charge < -0.3 is 5.73 Å². The van der Waals surface area contributed by atoms with Gasteiger partial charge in [0.25, 0.3) is 0 Å². The predicted molar refractivity (Wildman–Crippen MR) is 76.0 cm³/mol. The van der Waals surface area contributed by atoms with Crippen LogP contribution in [0.2, 0.25) is 0 Å². The van der Waals surface area contributed by atoms with Crippen molar-refractivity contribution in [2.75, 3.05) is 13.1 Å². The minimum Gasteiger partial charge on any atom is -0.326 e. The van der Waals surface area contributed by atoms with Gasteiger partial charge in [-0.25, -0.2) is 0 Å². The molecule has 1 saturated heterocycles. The lowest BCUT2D eigenvalue weighted by molar-refractivity contribution is 0.209. The minimum atomic E-state index is 0.224. The second-order valence-electron chi connectivity index (χ2n) is 4.82. The van der Waals surface area contributed by atoms with Crippen molar-refractivity contribution in [3.63, 3.8) is 0 Å². The molecule has 2 rings (SSSR count). The lowest BCUT2D eigenvalue weighted by Crippen LogP contribution is -2.39. The van der Waals surface area contributed by atoms with Crippen molar-refractivity contribution in [1.29, 1.82) is 0 Å². The highest BCUT2D eigenvalue weighted by atomic mass is 79.9. The zero-order chi connectivity index (χ0) is 12.3.